The van der Waals surface area contributed by atoms with E-state index in [-0.39, 0.29) is 0 Å². The molecule has 2 aromatic heterocycles. The monoisotopic (exact) mass is 268 g/mol. The lowest BCUT2D eigenvalue weighted by Gasteiger charge is -2.04. The van der Waals surface area contributed by atoms with E-state index in [9.17, 15) is 0 Å². The van der Waals surface area contributed by atoms with Gasteiger partial charge in [-0.05, 0) is 20.8 Å². The number of aromatic nitrogens is 3. The Kier molecular flexibility index (Phi) is 3.59. The summed E-state index contributed by atoms with van der Waals surface area (Å²) in [5, 5.41) is 4.69. The van der Waals surface area contributed by atoms with Crippen molar-refractivity contribution < 1.29 is 0 Å². The van der Waals surface area contributed by atoms with E-state index >= 15 is 0 Å². The molecule has 0 aliphatic rings. The predicted octanol–water partition coefficient (Wildman–Crippen LogP) is 3.12. The number of halogens is 1. The van der Waals surface area contributed by atoms with Gasteiger partial charge in [0.2, 0.25) is 0 Å². The molecule has 0 aliphatic heterocycles. The second-order valence-corrected chi connectivity index (χ2v) is 5.40. The van der Waals surface area contributed by atoms with Crippen LogP contribution in [0.4, 0.5) is 5.82 Å². The Morgan fingerprint density at radius 1 is 1.24 bits per heavy atom. The molecule has 0 amide bonds. The van der Waals surface area contributed by atoms with Crippen LogP contribution in [0.3, 0.4) is 0 Å². The number of hydrogen-bond donors (Lipinski definition) is 1. The van der Waals surface area contributed by atoms with Crippen molar-refractivity contribution in [3.63, 3.8) is 0 Å². The van der Waals surface area contributed by atoms with Gasteiger partial charge in [-0.1, -0.05) is 11.6 Å². The zero-order valence-corrected chi connectivity index (χ0v) is 11.5. The SMILES string of the molecule is Cc1nc(Cl)cc(NCc2nc(C)c(C)s2)n1. The fourth-order valence-electron chi connectivity index (χ4n) is 1.40. The van der Waals surface area contributed by atoms with Gasteiger partial charge in [-0.2, -0.15) is 0 Å². The molecular formula is C11H13ClN4S. The van der Waals surface area contributed by atoms with E-state index < -0.39 is 0 Å². The third-order valence-corrected chi connectivity index (χ3v) is 3.57. The third kappa shape index (κ3) is 3.14. The zero-order chi connectivity index (χ0) is 12.4. The van der Waals surface area contributed by atoms with Crippen molar-refractivity contribution in [1.29, 1.82) is 0 Å². The highest BCUT2D eigenvalue weighted by Crippen LogP contribution is 2.18. The Morgan fingerprint density at radius 2 is 2.00 bits per heavy atom. The number of thiazole rings is 1. The van der Waals surface area contributed by atoms with Crippen LogP contribution in [0.15, 0.2) is 6.07 Å². The molecule has 0 spiro atoms. The quantitative estimate of drug-likeness (QED) is 0.869. The van der Waals surface area contributed by atoms with E-state index in [1.54, 1.807) is 17.4 Å². The summed E-state index contributed by atoms with van der Waals surface area (Å²) in [4.78, 5) is 14.0. The summed E-state index contributed by atoms with van der Waals surface area (Å²) >= 11 is 7.55. The van der Waals surface area contributed by atoms with Gasteiger partial charge in [0, 0.05) is 10.9 Å². The average molecular weight is 269 g/mol. The number of nitrogens with zero attached hydrogens (tertiary/aromatic N) is 3. The Balaban J connectivity index is 2.07. The van der Waals surface area contributed by atoms with Crippen LogP contribution in [-0.2, 0) is 6.54 Å². The van der Waals surface area contributed by atoms with E-state index in [2.05, 4.69) is 27.2 Å². The molecule has 0 fully saturated rings. The first-order chi connectivity index (χ1) is 8.04. The molecule has 90 valence electrons. The summed E-state index contributed by atoms with van der Waals surface area (Å²) in [6, 6.07) is 1.71. The molecule has 1 N–H and O–H groups in total. The van der Waals surface area contributed by atoms with E-state index in [0.717, 1.165) is 16.5 Å². The third-order valence-electron chi connectivity index (χ3n) is 2.30. The normalized spacial score (nSPS) is 10.6. The molecule has 0 aromatic carbocycles. The van der Waals surface area contributed by atoms with Gasteiger partial charge in [-0.3, -0.25) is 0 Å². The summed E-state index contributed by atoms with van der Waals surface area (Å²) < 4.78 is 0. The first-order valence-electron chi connectivity index (χ1n) is 5.22. The first kappa shape index (κ1) is 12.3. The average Bonchev–Trinajstić information content (AvgIpc) is 2.54. The van der Waals surface area contributed by atoms with Crippen LogP contribution in [0.2, 0.25) is 5.15 Å². The number of hydrogen-bond acceptors (Lipinski definition) is 5. The van der Waals surface area contributed by atoms with E-state index in [1.807, 2.05) is 13.8 Å². The maximum absolute atomic E-state index is 5.86. The molecular weight excluding hydrogens is 256 g/mol. The summed E-state index contributed by atoms with van der Waals surface area (Å²) in [6.45, 7) is 6.56. The minimum atomic E-state index is 0.450. The summed E-state index contributed by atoms with van der Waals surface area (Å²) in [5.41, 5.74) is 1.09. The van der Waals surface area contributed by atoms with Crippen molar-refractivity contribution in [1.82, 2.24) is 15.0 Å². The highest BCUT2D eigenvalue weighted by Gasteiger charge is 2.04. The van der Waals surface area contributed by atoms with Gasteiger partial charge < -0.3 is 5.32 Å². The topological polar surface area (TPSA) is 50.7 Å². The molecule has 0 radical (unpaired) electrons. The lowest BCUT2D eigenvalue weighted by molar-refractivity contribution is 1.01. The molecule has 2 aromatic rings. The summed E-state index contributed by atoms with van der Waals surface area (Å²) in [5.74, 6) is 1.39. The smallest absolute Gasteiger partial charge is 0.134 e. The number of nitrogens with one attached hydrogen (secondary N) is 1. The van der Waals surface area contributed by atoms with Crippen LogP contribution >= 0.6 is 22.9 Å². The maximum Gasteiger partial charge on any atom is 0.134 e. The highest BCUT2D eigenvalue weighted by molar-refractivity contribution is 7.11. The number of aryl methyl sites for hydroxylation is 3. The second-order valence-electron chi connectivity index (χ2n) is 3.73. The minimum absolute atomic E-state index is 0.450. The number of rotatable bonds is 3. The van der Waals surface area contributed by atoms with E-state index in [4.69, 9.17) is 11.6 Å². The molecule has 0 unspecified atom stereocenters. The molecule has 6 heteroatoms. The molecule has 0 bridgehead atoms. The van der Waals surface area contributed by atoms with Gasteiger partial charge in [0.05, 0.1) is 12.2 Å². The molecule has 0 aliphatic carbocycles. The molecule has 0 saturated carbocycles. The van der Waals surface area contributed by atoms with Gasteiger partial charge >= 0.3 is 0 Å². The van der Waals surface area contributed by atoms with Crippen LogP contribution in [0.5, 0.6) is 0 Å². The van der Waals surface area contributed by atoms with Gasteiger partial charge in [0.15, 0.2) is 0 Å². The molecule has 0 atom stereocenters. The Bertz CT molecular complexity index is 499. The maximum atomic E-state index is 5.86. The Morgan fingerprint density at radius 3 is 2.59 bits per heavy atom. The zero-order valence-electron chi connectivity index (χ0n) is 9.91. The van der Waals surface area contributed by atoms with Gasteiger partial charge in [-0.15, -0.1) is 11.3 Å². The van der Waals surface area contributed by atoms with Crippen molar-refractivity contribution >= 4 is 28.8 Å². The summed E-state index contributed by atoms with van der Waals surface area (Å²) in [6.07, 6.45) is 0. The second kappa shape index (κ2) is 4.98. The fraction of sp³-hybridized carbons (Fsp3) is 0.364. The van der Waals surface area contributed by atoms with Crippen molar-refractivity contribution in [2.75, 3.05) is 5.32 Å². The molecule has 0 saturated heterocycles. The standard InChI is InChI=1S/C11H13ClN4S/c1-6-7(2)17-11(14-6)5-13-10-4-9(12)15-8(3)16-10/h4H,5H2,1-3H3,(H,13,15,16). The van der Waals surface area contributed by atoms with Crippen LogP contribution < -0.4 is 5.32 Å². The van der Waals surface area contributed by atoms with Crippen molar-refractivity contribution in [3.8, 4) is 0 Å². The number of anilines is 1. The molecule has 4 nitrogen and oxygen atoms in total. The van der Waals surface area contributed by atoms with Crippen LogP contribution in [0, 0.1) is 20.8 Å². The molecule has 17 heavy (non-hydrogen) atoms. The first-order valence-corrected chi connectivity index (χ1v) is 6.42. The van der Waals surface area contributed by atoms with Gasteiger partial charge in [-0.25, -0.2) is 15.0 Å². The largest absolute Gasteiger partial charge is 0.363 e. The van der Waals surface area contributed by atoms with Gasteiger partial charge in [0.1, 0.15) is 21.8 Å². The Labute approximate surface area is 109 Å². The summed E-state index contributed by atoms with van der Waals surface area (Å²) in [7, 11) is 0. The van der Waals surface area contributed by atoms with Crippen LogP contribution in [0.25, 0.3) is 0 Å². The van der Waals surface area contributed by atoms with Crippen molar-refractivity contribution in [2.24, 2.45) is 0 Å². The van der Waals surface area contributed by atoms with Gasteiger partial charge in [0.25, 0.3) is 0 Å². The molecule has 2 heterocycles. The minimum Gasteiger partial charge on any atom is -0.363 e. The predicted molar refractivity (Wildman–Crippen MR) is 70.7 cm³/mol. The Hall–Kier alpha value is -1.20. The van der Waals surface area contributed by atoms with E-state index in [0.29, 0.717) is 17.5 Å². The lowest BCUT2D eigenvalue weighted by atomic mass is 10.4. The van der Waals surface area contributed by atoms with Crippen LogP contribution in [-0.4, -0.2) is 15.0 Å². The highest BCUT2D eigenvalue weighted by atomic mass is 35.5. The van der Waals surface area contributed by atoms with E-state index in [1.165, 1.54) is 4.88 Å². The van der Waals surface area contributed by atoms with Crippen LogP contribution in [0.1, 0.15) is 21.4 Å². The lowest BCUT2D eigenvalue weighted by Crippen LogP contribution is -2.02. The van der Waals surface area contributed by atoms with Crippen molar-refractivity contribution in [3.05, 3.63) is 32.6 Å². The fourth-order valence-corrected chi connectivity index (χ4v) is 2.50. The van der Waals surface area contributed by atoms with Crippen molar-refractivity contribution in [2.45, 2.75) is 27.3 Å². The molecule has 2 rings (SSSR count).